The van der Waals surface area contributed by atoms with E-state index in [1.807, 2.05) is 0 Å². The Kier molecular flexibility index (Phi) is 15.8. The SMILES string of the molecule is CCC.CCN(c1ccccc1)c1ccc(Cc2ccc3c(c2)C2(c4cc(-c5ccc(N(c6ccccc6)c6ccccc6)cc5)ccc4-c4ccc(-c5nnc(-c6ccc(C(C)(C)C)cc6)o5)cc42)c2cc(-c4nnc(-c5ccc(C(C)(C)C)cc5)o4)ccc2-3)cc1. The maximum absolute atomic E-state index is 6.69. The van der Waals surface area contributed by atoms with Gasteiger partial charge in [0.2, 0.25) is 23.6 Å². The third kappa shape index (κ3) is 11.2. The van der Waals surface area contributed by atoms with E-state index in [4.69, 9.17) is 19.0 Å². The van der Waals surface area contributed by atoms with E-state index in [1.54, 1.807) is 0 Å². The molecule has 13 aromatic rings. The summed E-state index contributed by atoms with van der Waals surface area (Å²) in [5, 5.41) is 18.9. The summed E-state index contributed by atoms with van der Waals surface area (Å²) in [5.74, 6) is 1.85. The summed E-state index contributed by atoms with van der Waals surface area (Å²) in [6.45, 7) is 20.6. The van der Waals surface area contributed by atoms with Crippen LogP contribution in [0.5, 0.6) is 0 Å². The highest BCUT2D eigenvalue weighted by Crippen LogP contribution is 2.64. The maximum atomic E-state index is 6.69. The lowest BCUT2D eigenvalue weighted by Gasteiger charge is -2.31. The van der Waals surface area contributed by atoms with Crippen molar-refractivity contribution in [3.8, 4) is 79.2 Å². The summed E-state index contributed by atoms with van der Waals surface area (Å²) in [7, 11) is 0. The molecule has 2 aromatic heterocycles. The molecule has 1 unspecified atom stereocenters. The van der Waals surface area contributed by atoms with Gasteiger partial charge in [-0.05, 0) is 217 Å². The lowest BCUT2D eigenvalue weighted by Crippen LogP contribution is -2.26. The van der Waals surface area contributed by atoms with Crippen molar-refractivity contribution >= 4 is 28.4 Å². The third-order valence-electron chi connectivity index (χ3n) is 18.2. The minimum absolute atomic E-state index is 0.00623. The Labute approximate surface area is 547 Å². The molecule has 1 atom stereocenters. The predicted octanol–water partition coefficient (Wildman–Crippen LogP) is 22.4. The number of benzene rings is 11. The Hall–Kier alpha value is -10.7. The molecule has 8 heteroatoms. The molecule has 0 amide bonds. The summed E-state index contributed by atoms with van der Waals surface area (Å²) >= 11 is 0. The van der Waals surface area contributed by atoms with E-state index >= 15 is 0 Å². The van der Waals surface area contributed by atoms with Crippen molar-refractivity contribution in [2.75, 3.05) is 16.3 Å². The largest absolute Gasteiger partial charge is 0.416 e. The molecule has 8 nitrogen and oxygen atoms in total. The van der Waals surface area contributed by atoms with Crippen molar-refractivity contribution in [2.45, 2.75) is 91.4 Å². The standard InChI is InChI=1S/C82H68N6O2.C3H8/c1-8-87(63-18-12-9-13-19-63)64-40-24-53(25-41-64)48-54-26-44-68-70-46-34-59(78-85-83-76(89-78)56-27-36-61(37-28-56)80(2,3)4)51-74(70)82(72(68)49-54)73-50-58(55-31-42-67(43-32-55)88(65-20-14-10-15-21-65)66-22-16-11-17-23-66)33-45-69(73)71-47-35-60(52-75(71)82)79-86-84-77(90-79)57-29-38-62(39-30-57)81(5,6)7;1-3-2/h9-47,49-52H,8,48H2,1-7H3;3H2,1-2H3. The number of anilines is 5. The van der Waals surface area contributed by atoms with E-state index in [-0.39, 0.29) is 10.8 Å². The lowest BCUT2D eigenvalue weighted by molar-refractivity contribution is 0.581. The van der Waals surface area contributed by atoms with Crippen LogP contribution in [-0.2, 0) is 22.7 Å². The van der Waals surface area contributed by atoms with Gasteiger partial charge in [-0.15, -0.1) is 20.4 Å². The van der Waals surface area contributed by atoms with Gasteiger partial charge in [0.25, 0.3) is 0 Å². The average molecular weight is 1210 g/mol. The number of aromatic nitrogens is 4. The normalized spacial score (nSPS) is 13.6. The van der Waals surface area contributed by atoms with Crippen LogP contribution in [0.3, 0.4) is 0 Å². The predicted molar refractivity (Wildman–Crippen MR) is 382 cm³/mol. The van der Waals surface area contributed by atoms with Crippen molar-refractivity contribution in [1.29, 1.82) is 0 Å². The number of nitrogens with zero attached hydrogens (tertiary/aromatic N) is 6. The van der Waals surface area contributed by atoms with Gasteiger partial charge >= 0.3 is 0 Å². The second kappa shape index (κ2) is 24.5. The molecule has 11 aromatic carbocycles. The van der Waals surface area contributed by atoms with Gasteiger partial charge in [0, 0.05) is 57.2 Å². The molecule has 1 spiro atoms. The molecule has 0 N–H and O–H groups in total. The van der Waals surface area contributed by atoms with Gasteiger partial charge in [0.15, 0.2) is 0 Å². The second-order valence-electron chi connectivity index (χ2n) is 26.6. The van der Waals surface area contributed by atoms with E-state index < -0.39 is 5.41 Å². The molecule has 0 radical (unpaired) electrons. The Morgan fingerprint density at radius 3 is 1.08 bits per heavy atom. The molecule has 0 saturated carbocycles. The van der Waals surface area contributed by atoms with E-state index in [1.165, 1.54) is 51.1 Å². The average Bonchev–Trinajstić information content (AvgIpc) is 1.51. The zero-order valence-corrected chi connectivity index (χ0v) is 54.4. The van der Waals surface area contributed by atoms with Crippen molar-refractivity contribution in [3.05, 3.63) is 305 Å². The zero-order valence-electron chi connectivity index (χ0n) is 54.4. The summed E-state index contributed by atoms with van der Waals surface area (Å²) in [4.78, 5) is 4.66. The smallest absolute Gasteiger partial charge is 0.248 e. The quantitative estimate of drug-likeness (QED) is 0.113. The highest BCUT2D eigenvalue weighted by atomic mass is 16.4. The van der Waals surface area contributed by atoms with Crippen LogP contribution >= 0.6 is 0 Å². The first-order valence-electron chi connectivity index (χ1n) is 32.6. The number of hydrogen-bond acceptors (Lipinski definition) is 8. The van der Waals surface area contributed by atoms with Gasteiger partial charge in [-0.2, -0.15) is 0 Å². The fourth-order valence-electron chi connectivity index (χ4n) is 13.5. The maximum Gasteiger partial charge on any atom is 0.248 e. The van der Waals surface area contributed by atoms with Crippen molar-refractivity contribution < 1.29 is 8.83 Å². The van der Waals surface area contributed by atoms with Crippen LogP contribution < -0.4 is 9.80 Å². The summed E-state index contributed by atoms with van der Waals surface area (Å²) in [5.41, 5.74) is 24.5. The van der Waals surface area contributed by atoms with Crippen LogP contribution in [0.25, 0.3) is 79.2 Å². The Morgan fingerprint density at radius 2 is 0.645 bits per heavy atom. The van der Waals surface area contributed by atoms with Gasteiger partial charge in [0.05, 0.1) is 5.41 Å². The highest BCUT2D eigenvalue weighted by molar-refractivity contribution is 5.98. The number of fused-ring (bicyclic) bond motifs is 10. The van der Waals surface area contributed by atoms with Gasteiger partial charge in [0.1, 0.15) is 0 Å². The first kappa shape index (κ1) is 59.9. The minimum Gasteiger partial charge on any atom is -0.416 e. The van der Waals surface area contributed by atoms with Crippen LogP contribution in [0.2, 0.25) is 0 Å². The van der Waals surface area contributed by atoms with E-state index in [9.17, 15) is 0 Å². The van der Waals surface area contributed by atoms with Gasteiger partial charge in [-0.25, -0.2) is 0 Å². The highest BCUT2D eigenvalue weighted by Gasteiger charge is 2.52. The monoisotopic (exact) mass is 1210 g/mol. The van der Waals surface area contributed by atoms with Crippen LogP contribution in [0.1, 0.15) is 113 Å². The molecule has 93 heavy (non-hydrogen) atoms. The first-order valence-corrected chi connectivity index (χ1v) is 32.6. The van der Waals surface area contributed by atoms with Crippen molar-refractivity contribution in [1.82, 2.24) is 20.4 Å². The molecule has 2 heterocycles. The molecule has 0 fully saturated rings. The molecule has 15 rings (SSSR count). The van der Waals surface area contributed by atoms with Crippen molar-refractivity contribution in [2.24, 2.45) is 0 Å². The van der Waals surface area contributed by atoms with E-state index in [0.717, 1.165) is 96.9 Å². The van der Waals surface area contributed by atoms with Crippen LogP contribution in [0.4, 0.5) is 28.4 Å². The van der Waals surface area contributed by atoms with E-state index in [2.05, 4.69) is 343 Å². The summed E-state index contributed by atoms with van der Waals surface area (Å²) in [6, 6.07) is 94.3. The van der Waals surface area contributed by atoms with Crippen molar-refractivity contribution in [3.63, 3.8) is 0 Å². The summed E-state index contributed by atoms with van der Waals surface area (Å²) < 4.78 is 13.4. The van der Waals surface area contributed by atoms with Gasteiger partial charge in [-0.3, -0.25) is 0 Å². The topological polar surface area (TPSA) is 84.3 Å². The van der Waals surface area contributed by atoms with Crippen LogP contribution in [0, 0.1) is 0 Å². The number of hydrogen-bond donors (Lipinski definition) is 0. The van der Waals surface area contributed by atoms with Crippen LogP contribution in [0.15, 0.2) is 270 Å². The first-order chi connectivity index (χ1) is 45.2. The number of para-hydroxylation sites is 3. The fourth-order valence-corrected chi connectivity index (χ4v) is 13.5. The summed E-state index contributed by atoms with van der Waals surface area (Å²) in [6.07, 6.45) is 1.99. The molecule has 0 aliphatic heterocycles. The molecule has 2 aliphatic rings. The zero-order chi connectivity index (χ0) is 64.0. The molecular formula is C85H76N6O2. The van der Waals surface area contributed by atoms with Crippen LogP contribution in [-0.4, -0.2) is 26.9 Å². The van der Waals surface area contributed by atoms with Gasteiger partial charge in [-0.1, -0.05) is 207 Å². The third-order valence-corrected chi connectivity index (χ3v) is 18.2. The number of rotatable bonds is 13. The Bertz CT molecular complexity index is 4640. The van der Waals surface area contributed by atoms with E-state index in [0.29, 0.717) is 23.6 Å². The minimum atomic E-state index is -0.844. The lowest BCUT2D eigenvalue weighted by atomic mass is 9.69. The molecule has 458 valence electrons. The Morgan fingerprint density at radius 1 is 0.323 bits per heavy atom. The molecule has 2 aliphatic carbocycles. The molecule has 0 saturated heterocycles. The van der Waals surface area contributed by atoms with Gasteiger partial charge < -0.3 is 18.6 Å². The second-order valence-corrected chi connectivity index (χ2v) is 26.6. The molecular weight excluding hydrogens is 1140 g/mol. The Balaban J connectivity index is 0.00000245. The fraction of sp³-hybridized carbons (Fsp3) is 0.176. The molecule has 0 bridgehead atoms.